The molecular weight excluding hydrogens is 277 g/mol. The maximum Gasteiger partial charge on any atom is 0.222 e. The van der Waals surface area contributed by atoms with E-state index in [2.05, 4.69) is 45.1 Å². The van der Waals surface area contributed by atoms with E-state index in [1.54, 1.807) is 12.4 Å². The van der Waals surface area contributed by atoms with Crippen molar-refractivity contribution in [2.24, 2.45) is 5.41 Å². The van der Waals surface area contributed by atoms with Crippen molar-refractivity contribution in [2.75, 3.05) is 17.7 Å². The maximum absolute atomic E-state index is 5.72. The van der Waals surface area contributed by atoms with Crippen molar-refractivity contribution in [3.8, 4) is 0 Å². The van der Waals surface area contributed by atoms with Crippen LogP contribution in [-0.4, -0.2) is 22.4 Å². The lowest BCUT2D eigenvalue weighted by atomic mass is 9.90. The first-order valence-corrected chi connectivity index (χ1v) is 6.14. The Morgan fingerprint density at radius 2 is 2.00 bits per heavy atom. The highest BCUT2D eigenvalue weighted by molar-refractivity contribution is 9.10. The quantitative estimate of drug-likeness (QED) is 0.846. The van der Waals surface area contributed by atoms with Crippen molar-refractivity contribution in [3.05, 3.63) is 16.9 Å². The second-order valence-corrected chi connectivity index (χ2v) is 5.48. The standard InChI is InChI=1S/C10H15BrClN3/c1-10(2,3-4-12)7-15-9-13-5-8(11)6-14-9/h5-6H,3-4,7H2,1-2H3,(H,13,14,15). The molecule has 0 spiro atoms. The van der Waals surface area contributed by atoms with Crippen LogP contribution in [0.1, 0.15) is 20.3 Å². The number of hydrogen-bond acceptors (Lipinski definition) is 3. The van der Waals surface area contributed by atoms with E-state index < -0.39 is 0 Å². The third-order valence-electron chi connectivity index (χ3n) is 2.12. The van der Waals surface area contributed by atoms with Gasteiger partial charge in [0.1, 0.15) is 0 Å². The van der Waals surface area contributed by atoms with Gasteiger partial charge in [-0.15, -0.1) is 11.6 Å². The first-order chi connectivity index (χ1) is 7.03. The normalized spacial score (nSPS) is 11.5. The second-order valence-electron chi connectivity index (χ2n) is 4.18. The molecule has 0 saturated carbocycles. The molecule has 5 heteroatoms. The van der Waals surface area contributed by atoms with Gasteiger partial charge in [-0.3, -0.25) is 0 Å². The van der Waals surface area contributed by atoms with Crippen molar-refractivity contribution in [3.63, 3.8) is 0 Å². The Morgan fingerprint density at radius 3 is 2.53 bits per heavy atom. The molecule has 15 heavy (non-hydrogen) atoms. The van der Waals surface area contributed by atoms with Gasteiger partial charge in [0.05, 0.1) is 4.47 Å². The van der Waals surface area contributed by atoms with Crippen molar-refractivity contribution in [2.45, 2.75) is 20.3 Å². The predicted molar refractivity (Wildman–Crippen MR) is 67.3 cm³/mol. The molecule has 3 nitrogen and oxygen atoms in total. The maximum atomic E-state index is 5.72. The second kappa shape index (κ2) is 5.66. The Morgan fingerprint density at radius 1 is 1.40 bits per heavy atom. The Labute approximate surface area is 104 Å². The molecule has 0 saturated heterocycles. The van der Waals surface area contributed by atoms with Gasteiger partial charge in [0.2, 0.25) is 5.95 Å². The molecule has 0 fully saturated rings. The van der Waals surface area contributed by atoms with Gasteiger partial charge in [-0.1, -0.05) is 13.8 Å². The summed E-state index contributed by atoms with van der Waals surface area (Å²) >= 11 is 9.01. The van der Waals surface area contributed by atoms with E-state index in [9.17, 15) is 0 Å². The summed E-state index contributed by atoms with van der Waals surface area (Å²) in [7, 11) is 0. The average molecular weight is 293 g/mol. The van der Waals surface area contributed by atoms with Crippen molar-refractivity contribution < 1.29 is 0 Å². The van der Waals surface area contributed by atoms with Crippen LogP contribution in [-0.2, 0) is 0 Å². The first kappa shape index (κ1) is 12.7. The predicted octanol–water partition coefficient (Wildman–Crippen LogP) is 3.31. The molecule has 0 aromatic carbocycles. The third-order valence-corrected chi connectivity index (χ3v) is 2.72. The molecule has 0 amide bonds. The van der Waals surface area contributed by atoms with E-state index in [0.717, 1.165) is 17.4 Å². The van der Waals surface area contributed by atoms with Crippen molar-refractivity contribution >= 4 is 33.5 Å². The molecule has 84 valence electrons. The van der Waals surface area contributed by atoms with Gasteiger partial charge >= 0.3 is 0 Å². The van der Waals surface area contributed by atoms with Crippen molar-refractivity contribution in [1.29, 1.82) is 0 Å². The van der Waals surface area contributed by atoms with Crippen LogP contribution < -0.4 is 5.32 Å². The lowest BCUT2D eigenvalue weighted by Crippen LogP contribution is -2.24. The molecular formula is C10H15BrClN3. The zero-order valence-electron chi connectivity index (χ0n) is 8.93. The van der Waals surface area contributed by atoms with E-state index >= 15 is 0 Å². The van der Waals surface area contributed by atoms with Crippen LogP contribution in [0.5, 0.6) is 0 Å². The molecule has 0 aliphatic heterocycles. The smallest absolute Gasteiger partial charge is 0.222 e. The minimum atomic E-state index is 0.165. The highest BCUT2D eigenvalue weighted by Crippen LogP contribution is 2.21. The molecule has 1 rings (SSSR count). The fourth-order valence-corrected chi connectivity index (χ4v) is 1.78. The molecule has 0 radical (unpaired) electrons. The summed E-state index contributed by atoms with van der Waals surface area (Å²) in [5.41, 5.74) is 0.165. The molecule has 0 atom stereocenters. The SMILES string of the molecule is CC(C)(CCCl)CNc1ncc(Br)cn1. The molecule has 0 aliphatic carbocycles. The summed E-state index contributed by atoms with van der Waals surface area (Å²) in [6, 6.07) is 0. The third kappa shape index (κ3) is 4.80. The summed E-state index contributed by atoms with van der Waals surface area (Å²) in [6.45, 7) is 5.16. The van der Waals surface area contributed by atoms with E-state index in [1.165, 1.54) is 0 Å². The summed E-state index contributed by atoms with van der Waals surface area (Å²) in [5, 5.41) is 3.20. The lowest BCUT2D eigenvalue weighted by molar-refractivity contribution is 0.378. The van der Waals surface area contributed by atoms with Crippen LogP contribution in [0.25, 0.3) is 0 Å². The zero-order chi connectivity index (χ0) is 11.3. The van der Waals surface area contributed by atoms with Gasteiger partial charge in [0, 0.05) is 24.8 Å². The summed E-state index contributed by atoms with van der Waals surface area (Å²) in [4.78, 5) is 8.28. The zero-order valence-corrected chi connectivity index (χ0v) is 11.3. The Hall–Kier alpha value is -0.350. The van der Waals surface area contributed by atoms with Gasteiger partial charge in [0.15, 0.2) is 0 Å². The average Bonchev–Trinajstić information content (AvgIpc) is 2.17. The first-order valence-electron chi connectivity index (χ1n) is 4.81. The molecule has 1 aromatic rings. The van der Waals surface area contributed by atoms with Crippen LogP contribution in [0.15, 0.2) is 16.9 Å². The van der Waals surface area contributed by atoms with Crippen molar-refractivity contribution in [1.82, 2.24) is 9.97 Å². The van der Waals surface area contributed by atoms with Crippen LogP contribution in [0.3, 0.4) is 0 Å². The fraction of sp³-hybridized carbons (Fsp3) is 0.600. The highest BCUT2D eigenvalue weighted by Gasteiger charge is 2.16. The number of nitrogens with zero attached hydrogens (tertiary/aromatic N) is 2. The minimum absolute atomic E-state index is 0.165. The van der Waals surface area contributed by atoms with E-state index in [-0.39, 0.29) is 5.41 Å². The van der Waals surface area contributed by atoms with Crippen LogP contribution in [0.4, 0.5) is 5.95 Å². The molecule has 0 bridgehead atoms. The number of halogens is 2. The number of alkyl halides is 1. The number of hydrogen-bond donors (Lipinski definition) is 1. The largest absolute Gasteiger partial charge is 0.354 e. The van der Waals surface area contributed by atoms with Gasteiger partial charge in [0.25, 0.3) is 0 Å². The van der Waals surface area contributed by atoms with Gasteiger partial charge in [-0.2, -0.15) is 0 Å². The molecule has 1 N–H and O–H groups in total. The van der Waals surface area contributed by atoms with Gasteiger partial charge in [-0.05, 0) is 27.8 Å². The van der Waals surface area contributed by atoms with Crippen LogP contribution >= 0.6 is 27.5 Å². The van der Waals surface area contributed by atoms with Crippen LogP contribution in [0, 0.1) is 5.41 Å². The number of rotatable bonds is 5. The highest BCUT2D eigenvalue weighted by atomic mass is 79.9. The summed E-state index contributed by atoms with van der Waals surface area (Å²) < 4.78 is 0.882. The number of anilines is 1. The van der Waals surface area contributed by atoms with E-state index in [1.807, 2.05) is 0 Å². The minimum Gasteiger partial charge on any atom is -0.354 e. The van der Waals surface area contributed by atoms with E-state index in [4.69, 9.17) is 11.6 Å². The fourth-order valence-electron chi connectivity index (χ4n) is 1.07. The van der Waals surface area contributed by atoms with E-state index in [0.29, 0.717) is 11.8 Å². The van der Waals surface area contributed by atoms with Gasteiger partial charge in [-0.25, -0.2) is 9.97 Å². The Balaban J connectivity index is 2.46. The molecule has 1 aromatic heterocycles. The topological polar surface area (TPSA) is 37.8 Å². The monoisotopic (exact) mass is 291 g/mol. The molecule has 0 aliphatic rings. The van der Waals surface area contributed by atoms with Gasteiger partial charge < -0.3 is 5.32 Å². The summed E-state index contributed by atoms with van der Waals surface area (Å²) in [5.74, 6) is 1.33. The number of aromatic nitrogens is 2. The Bertz CT molecular complexity index is 300. The summed E-state index contributed by atoms with van der Waals surface area (Å²) in [6.07, 6.45) is 4.42. The lowest BCUT2D eigenvalue weighted by Gasteiger charge is -2.23. The number of nitrogens with one attached hydrogen (secondary N) is 1. The van der Waals surface area contributed by atoms with Crippen LogP contribution in [0.2, 0.25) is 0 Å². The Kier molecular flexibility index (Phi) is 4.80. The molecule has 0 unspecified atom stereocenters. The molecule has 1 heterocycles.